The molecule has 0 N–H and O–H groups in total. The summed E-state index contributed by atoms with van der Waals surface area (Å²) in [6, 6.07) is 7.40. The van der Waals surface area contributed by atoms with Gasteiger partial charge in [-0.25, -0.2) is 0 Å². The molecule has 4 heteroatoms. The first-order valence-electron chi connectivity index (χ1n) is 5.73. The molecule has 1 unspecified atom stereocenters. The summed E-state index contributed by atoms with van der Waals surface area (Å²) in [4.78, 5) is 25.1. The summed E-state index contributed by atoms with van der Waals surface area (Å²) in [5.74, 6) is -0.127. The monoisotopic (exact) mass is 245 g/mol. The van der Waals surface area contributed by atoms with Crippen LogP contribution in [-0.2, 0) is 16.0 Å². The van der Waals surface area contributed by atoms with Gasteiger partial charge in [0, 0.05) is 13.2 Å². The van der Waals surface area contributed by atoms with Crippen LogP contribution < -0.4 is 4.74 Å². The fourth-order valence-electron chi connectivity index (χ4n) is 1.93. The average Bonchev–Trinajstić information content (AvgIpc) is 2.40. The van der Waals surface area contributed by atoms with Gasteiger partial charge in [0.2, 0.25) is 5.91 Å². The van der Waals surface area contributed by atoms with E-state index >= 15 is 0 Å². The van der Waals surface area contributed by atoms with Crippen molar-refractivity contribution in [3.05, 3.63) is 42.1 Å². The van der Waals surface area contributed by atoms with Gasteiger partial charge < -0.3 is 9.64 Å². The Morgan fingerprint density at radius 2 is 1.89 bits per heavy atom. The Labute approximate surface area is 106 Å². The van der Waals surface area contributed by atoms with Crippen LogP contribution in [0.1, 0.15) is 5.56 Å². The molecule has 0 bridgehead atoms. The molecule has 1 amide bonds. The van der Waals surface area contributed by atoms with Crippen LogP contribution in [0.15, 0.2) is 36.5 Å². The first kappa shape index (κ1) is 12.4. The molecule has 2 rings (SSSR count). The van der Waals surface area contributed by atoms with Crippen molar-refractivity contribution in [1.29, 1.82) is 0 Å². The van der Waals surface area contributed by atoms with Gasteiger partial charge in [-0.3, -0.25) is 9.59 Å². The van der Waals surface area contributed by atoms with E-state index in [1.807, 2.05) is 24.3 Å². The SMILES string of the molecule is COc1ccc(CC2C(=O)C=CN(C)C2=O)cc1. The van der Waals surface area contributed by atoms with Crippen molar-refractivity contribution < 1.29 is 14.3 Å². The third kappa shape index (κ3) is 2.42. The van der Waals surface area contributed by atoms with Gasteiger partial charge in [-0.2, -0.15) is 0 Å². The fraction of sp³-hybridized carbons (Fsp3) is 0.286. The van der Waals surface area contributed by atoms with Crippen molar-refractivity contribution in [2.45, 2.75) is 6.42 Å². The smallest absolute Gasteiger partial charge is 0.237 e. The van der Waals surface area contributed by atoms with Crippen LogP contribution >= 0.6 is 0 Å². The van der Waals surface area contributed by atoms with Crippen LogP contribution in [0.2, 0.25) is 0 Å². The standard InChI is InChI=1S/C14H15NO3/c1-15-8-7-13(16)12(14(15)17)9-10-3-5-11(18-2)6-4-10/h3-8,12H,9H2,1-2H3. The van der Waals surface area contributed by atoms with Crippen LogP contribution in [-0.4, -0.2) is 30.7 Å². The van der Waals surface area contributed by atoms with Crippen molar-refractivity contribution in [1.82, 2.24) is 4.90 Å². The maximum Gasteiger partial charge on any atom is 0.237 e. The molecule has 0 aliphatic carbocycles. The Morgan fingerprint density at radius 3 is 2.50 bits per heavy atom. The highest BCUT2D eigenvalue weighted by Gasteiger charge is 2.30. The van der Waals surface area contributed by atoms with Crippen LogP contribution in [0, 0.1) is 5.92 Å². The van der Waals surface area contributed by atoms with Gasteiger partial charge in [0.1, 0.15) is 11.7 Å². The predicted molar refractivity (Wildman–Crippen MR) is 67.1 cm³/mol. The fourth-order valence-corrected chi connectivity index (χ4v) is 1.93. The van der Waals surface area contributed by atoms with Gasteiger partial charge in [-0.15, -0.1) is 0 Å². The van der Waals surface area contributed by atoms with E-state index in [0.717, 1.165) is 11.3 Å². The summed E-state index contributed by atoms with van der Waals surface area (Å²) in [5, 5.41) is 0. The lowest BCUT2D eigenvalue weighted by molar-refractivity contribution is -0.138. The van der Waals surface area contributed by atoms with E-state index in [1.54, 1.807) is 14.2 Å². The summed E-state index contributed by atoms with van der Waals surface area (Å²) in [7, 11) is 3.26. The number of ketones is 1. The van der Waals surface area contributed by atoms with Gasteiger partial charge in [-0.05, 0) is 30.2 Å². The third-order valence-corrected chi connectivity index (χ3v) is 3.05. The molecule has 0 aromatic heterocycles. The second kappa shape index (κ2) is 5.04. The largest absolute Gasteiger partial charge is 0.497 e. The van der Waals surface area contributed by atoms with Crippen molar-refractivity contribution in [3.8, 4) is 5.75 Å². The number of nitrogens with zero attached hydrogens (tertiary/aromatic N) is 1. The van der Waals surface area contributed by atoms with Gasteiger partial charge in [0.15, 0.2) is 5.78 Å². The Kier molecular flexibility index (Phi) is 3.46. The minimum Gasteiger partial charge on any atom is -0.497 e. The molecule has 1 heterocycles. The number of methoxy groups -OCH3 is 1. The minimum absolute atomic E-state index is 0.131. The minimum atomic E-state index is -0.603. The molecule has 1 aliphatic heterocycles. The highest BCUT2D eigenvalue weighted by atomic mass is 16.5. The number of amides is 1. The number of carbonyl (C=O) groups is 2. The Balaban J connectivity index is 2.14. The summed E-state index contributed by atoms with van der Waals surface area (Å²) >= 11 is 0. The molecular formula is C14H15NO3. The summed E-state index contributed by atoms with van der Waals surface area (Å²) < 4.78 is 5.07. The topological polar surface area (TPSA) is 46.6 Å². The number of carbonyl (C=O) groups excluding carboxylic acids is 2. The van der Waals surface area contributed by atoms with Crippen LogP contribution in [0.4, 0.5) is 0 Å². The Hall–Kier alpha value is -2.10. The zero-order valence-electron chi connectivity index (χ0n) is 10.4. The quantitative estimate of drug-likeness (QED) is 0.756. The summed E-state index contributed by atoms with van der Waals surface area (Å²) in [5.41, 5.74) is 0.950. The van der Waals surface area contributed by atoms with Crippen LogP contribution in [0.5, 0.6) is 5.75 Å². The maximum atomic E-state index is 11.9. The van der Waals surface area contributed by atoms with Gasteiger partial charge >= 0.3 is 0 Å². The van der Waals surface area contributed by atoms with E-state index in [2.05, 4.69) is 0 Å². The number of rotatable bonds is 3. The van der Waals surface area contributed by atoms with E-state index in [-0.39, 0.29) is 11.7 Å². The first-order chi connectivity index (χ1) is 8.61. The molecule has 0 saturated carbocycles. The lowest BCUT2D eigenvalue weighted by Crippen LogP contribution is -2.38. The van der Waals surface area contributed by atoms with E-state index in [1.165, 1.54) is 17.2 Å². The van der Waals surface area contributed by atoms with E-state index in [9.17, 15) is 9.59 Å². The zero-order valence-corrected chi connectivity index (χ0v) is 10.4. The van der Waals surface area contributed by atoms with Crippen molar-refractivity contribution >= 4 is 11.7 Å². The first-order valence-corrected chi connectivity index (χ1v) is 5.73. The highest BCUT2D eigenvalue weighted by Crippen LogP contribution is 2.19. The van der Waals surface area contributed by atoms with E-state index < -0.39 is 5.92 Å². The Morgan fingerprint density at radius 1 is 1.22 bits per heavy atom. The molecule has 0 saturated heterocycles. The number of ether oxygens (including phenoxy) is 1. The lowest BCUT2D eigenvalue weighted by Gasteiger charge is -2.23. The number of hydrogen-bond donors (Lipinski definition) is 0. The molecule has 4 nitrogen and oxygen atoms in total. The molecule has 94 valence electrons. The van der Waals surface area contributed by atoms with Crippen LogP contribution in [0.25, 0.3) is 0 Å². The molecule has 1 aliphatic rings. The number of allylic oxidation sites excluding steroid dienone is 1. The molecule has 1 aromatic carbocycles. The maximum absolute atomic E-state index is 11.9. The second-order valence-electron chi connectivity index (χ2n) is 4.27. The second-order valence-corrected chi connectivity index (χ2v) is 4.27. The van der Waals surface area contributed by atoms with Gasteiger partial charge in [-0.1, -0.05) is 12.1 Å². The molecular weight excluding hydrogens is 230 g/mol. The number of benzene rings is 1. The van der Waals surface area contributed by atoms with Gasteiger partial charge in [0.05, 0.1) is 7.11 Å². The van der Waals surface area contributed by atoms with E-state index in [4.69, 9.17) is 4.74 Å². The van der Waals surface area contributed by atoms with Crippen LogP contribution in [0.3, 0.4) is 0 Å². The predicted octanol–water partition coefficient (Wildman–Crippen LogP) is 1.41. The molecule has 1 atom stereocenters. The highest BCUT2D eigenvalue weighted by molar-refractivity contribution is 6.09. The lowest BCUT2D eigenvalue weighted by atomic mass is 9.92. The zero-order chi connectivity index (χ0) is 13.1. The molecule has 1 aromatic rings. The molecule has 0 spiro atoms. The van der Waals surface area contributed by atoms with E-state index in [0.29, 0.717) is 6.42 Å². The molecule has 0 fully saturated rings. The number of hydrogen-bond acceptors (Lipinski definition) is 3. The van der Waals surface area contributed by atoms with Crippen molar-refractivity contribution in [3.63, 3.8) is 0 Å². The van der Waals surface area contributed by atoms with Crippen molar-refractivity contribution in [2.75, 3.05) is 14.2 Å². The normalized spacial score (nSPS) is 19.2. The van der Waals surface area contributed by atoms with Crippen molar-refractivity contribution in [2.24, 2.45) is 5.92 Å². The van der Waals surface area contributed by atoms with Gasteiger partial charge in [0.25, 0.3) is 0 Å². The average molecular weight is 245 g/mol. The molecule has 0 radical (unpaired) electrons. The Bertz CT molecular complexity index is 490. The summed E-state index contributed by atoms with van der Waals surface area (Å²) in [6.07, 6.45) is 3.39. The summed E-state index contributed by atoms with van der Waals surface area (Å²) in [6.45, 7) is 0. The molecule has 18 heavy (non-hydrogen) atoms. The third-order valence-electron chi connectivity index (χ3n) is 3.05.